The van der Waals surface area contributed by atoms with Crippen LogP contribution in [0.15, 0.2) is 26.9 Å². The maximum Gasteiger partial charge on any atom is 0.330 e. The Bertz CT molecular complexity index is 1230. The van der Waals surface area contributed by atoms with Crippen LogP contribution in [0.2, 0.25) is 0 Å². The van der Waals surface area contributed by atoms with E-state index in [9.17, 15) is 23.2 Å². The second kappa shape index (κ2) is 10.6. The fourth-order valence-electron chi connectivity index (χ4n) is 3.18. The van der Waals surface area contributed by atoms with Crippen molar-refractivity contribution < 1.29 is 18.3 Å². The van der Waals surface area contributed by atoms with Gasteiger partial charge in [0.05, 0.1) is 23.4 Å². The number of carbonyl (C=O) groups is 1. The van der Waals surface area contributed by atoms with Crippen molar-refractivity contribution in [3.8, 4) is 0 Å². The first kappa shape index (κ1) is 24.5. The molecule has 2 aromatic heterocycles. The second-order valence-corrected chi connectivity index (χ2v) is 8.11. The van der Waals surface area contributed by atoms with Gasteiger partial charge in [-0.15, -0.1) is 0 Å². The molecule has 0 unspecified atom stereocenters. The van der Waals surface area contributed by atoms with Gasteiger partial charge in [-0.05, 0) is 6.42 Å². The summed E-state index contributed by atoms with van der Waals surface area (Å²) >= 11 is 0.990. The standard InChI is InChI=1S/C20H24F2N6O4S/c1-3-4-5-28-17(23)16(18(30)26-20(28)31)27(6-7-32-2)15(29)10-33-19-24-13-8-11(21)12(22)9-14(13)25-19/h8-9H,3-7,10,23H2,1-2H3,(H,24,25)(H,26,30,31). The molecule has 0 saturated heterocycles. The Labute approximate surface area is 191 Å². The van der Waals surface area contributed by atoms with E-state index in [0.29, 0.717) is 6.42 Å². The average Bonchev–Trinajstić information content (AvgIpc) is 3.15. The number of benzene rings is 1. The van der Waals surface area contributed by atoms with Crippen LogP contribution in [0.3, 0.4) is 0 Å². The maximum absolute atomic E-state index is 13.4. The van der Waals surface area contributed by atoms with Gasteiger partial charge < -0.3 is 20.4 Å². The number of unbranched alkanes of at least 4 members (excludes halogenated alkanes) is 1. The number of nitrogens with two attached hydrogens (primary N) is 1. The molecular weight excluding hydrogens is 458 g/mol. The van der Waals surface area contributed by atoms with Crippen LogP contribution in [0.25, 0.3) is 11.0 Å². The van der Waals surface area contributed by atoms with Gasteiger partial charge in [0.25, 0.3) is 5.56 Å². The van der Waals surface area contributed by atoms with Gasteiger partial charge in [-0.1, -0.05) is 25.1 Å². The van der Waals surface area contributed by atoms with Gasteiger partial charge in [0.2, 0.25) is 5.91 Å². The highest BCUT2D eigenvalue weighted by Gasteiger charge is 2.24. The SMILES string of the molecule is CCCCn1c(N)c(N(CCOC)C(=O)CSc2nc3cc(F)c(F)cc3[nH]2)c(=O)[nH]c1=O. The smallest absolute Gasteiger partial charge is 0.330 e. The summed E-state index contributed by atoms with van der Waals surface area (Å²) in [5.74, 6) is -2.81. The van der Waals surface area contributed by atoms with E-state index in [-0.39, 0.29) is 53.1 Å². The maximum atomic E-state index is 13.4. The van der Waals surface area contributed by atoms with Crippen LogP contribution in [0.1, 0.15) is 19.8 Å². The van der Waals surface area contributed by atoms with Crippen LogP contribution in [-0.2, 0) is 16.1 Å². The molecule has 4 N–H and O–H groups in total. The third kappa shape index (κ3) is 5.42. The van der Waals surface area contributed by atoms with Crippen LogP contribution < -0.4 is 21.9 Å². The van der Waals surface area contributed by atoms with Crippen molar-refractivity contribution in [3.05, 3.63) is 44.6 Å². The lowest BCUT2D eigenvalue weighted by molar-refractivity contribution is -0.116. The van der Waals surface area contributed by atoms with Crippen LogP contribution in [0.5, 0.6) is 0 Å². The summed E-state index contributed by atoms with van der Waals surface area (Å²) in [5.41, 5.74) is 5.06. The van der Waals surface area contributed by atoms with Crippen molar-refractivity contribution in [3.63, 3.8) is 0 Å². The van der Waals surface area contributed by atoms with E-state index in [4.69, 9.17) is 10.5 Å². The molecule has 0 aliphatic rings. The monoisotopic (exact) mass is 482 g/mol. The van der Waals surface area contributed by atoms with Gasteiger partial charge >= 0.3 is 5.69 Å². The van der Waals surface area contributed by atoms with Crippen molar-refractivity contribution in [2.45, 2.75) is 31.5 Å². The molecule has 178 valence electrons. The Hall–Kier alpha value is -3.19. The van der Waals surface area contributed by atoms with Crippen LogP contribution >= 0.6 is 11.8 Å². The molecule has 3 aromatic rings. The lowest BCUT2D eigenvalue weighted by atomic mass is 10.3. The lowest BCUT2D eigenvalue weighted by Gasteiger charge is -2.24. The second-order valence-electron chi connectivity index (χ2n) is 7.15. The van der Waals surface area contributed by atoms with Gasteiger partial charge in [-0.25, -0.2) is 18.6 Å². The van der Waals surface area contributed by atoms with Gasteiger partial charge in [0.1, 0.15) is 5.82 Å². The minimum atomic E-state index is -1.03. The minimum Gasteiger partial charge on any atom is -0.383 e. The molecule has 0 radical (unpaired) electrons. The number of aromatic nitrogens is 4. The van der Waals surface area contributed by atoms with E-state index >= 15 is 0 Å². The summed E-state index contributed by atoms with van der Waals surface area (Å²) in [5, 5.41) is 0.268. The number of ether oxygens (including phenoxy) is 1. The highest BCUT2D eigenvalue weighted by atomic mass is 32.2. The Morgan fingerprint density at radius 2 is 2.00 bits per heavy atom. The van der Waals surface area contributed by atoms with Crippen molar-refractivity contribution in [2.75, 3.05) is 36.6 Å². The van der Waals surface area contributed by atoms with Gasteiger partial charge in [-0.3, -0.25) is 19.1 Å². The number of thioether (sulfide) groups is 1. The van der Waals surface area contributed by atoms with Crippen molar-refractivity contribution >= 4 is 40.2 Å². The molecule has 0 fully saturated rings. The molecule has 0 aliphatic heterocycles. The number of anilines is 2. The van der Waals surface area contributed by atoms with Crippen molar-refractivity contribution in [2.24, 2.45) is 0 Å². The number of nitrogens with one attached hydrogen (secondary N) is 2. The molecule has 0 aliphatic carbocycles. The van der Waals surface area contributed by atoms with Crippen molar-refractivity contribution in [1.82, 2.24) is 19.5 Å². The Morgan fingerprint density at radius 3 is 2.70 bits per heavy atom. The summed E-state index contributed by atoms with van der Waals surface area (Å²) in [6.45, 7) is 2.37. The quantitative estimate of drug-likeness (QED) is 0.375. The number of halogens is 2. The number of rotatable bonds is 10. The molecule has 3 rings (SSSR count). The van der Waals surface area contributed by atoms with Crippen LogP contribution in [0.4, 0.5) is 20.3 Å². The molecule has 13 heteroatoms. The average molecular weight is 483 g/mol. The number of H-pyrrole nitrogens is 2. The fourth-order valence-corrected chi connectivity index (χ4v) is 3.94. The molecule has 0 spiro atoms. The zero-order valence-corrected chi connectivity index (χ0v) is 18.9. The number of aromatic amines is 2. The summed E-state index contributed by atoms with van der Waals surface area (Å²) in [7, 11) is 1.44. The van der Waals surface area contributed by atoms with Crippen LogP contribution in [-0.4, -0.2) is 51.4 Å². The molecule has 1 aromatic carbocycles. The van der Waals surface area contributed by atoms with Gasteiger partial charge in [0, 0.05) is 32.3 Å². The van der Waals surface area contributed by atoms with Gasteiger partial charge in [0.15, 0.2) is 22.5 Å². The zero-order valence-electron chi connectivity index (χ0n) is 18.1. The largest absolute Gasteiger partial charge is 0.383 e. The molecule has 0 atom stereocenters. The highest BCUT2D eigenvalue weighted by molar-refractivity contribution is 7.99. The number of methoxy groups -OCH3 is 1. The third-order valence-corrected chi connectivity index (χ3v) is 5.73. The number of amides is 1. The number of imidazole rings is 1. The first-order valence-electron chi connectivity index (χ1n) is 10.2. The van der Waals surface area contributed by atoms with E-state index in [1.54, 1.807) is 0 Å². The Kier molecular flexibility index (Phi) is 7.87. The van der Waals surface area contributed by atoms with E-state index in [0.717, 1.165) is 35.2 Å². The van der Waals surface area contributed by atoms with Gasteiger partial charge in [-0.2, -0.15) is 0 Å². The van der Waals surface area contributed by atoms with E-state index in [1.807, 2.05) is 6.92 Å². The van der Waals surface area contributed by atoms with Crippen LogP contribution in [0, 0.1) is 11.6 Å². The van der Waals surface area contributed by atoms with E-state index < -0.39 is 28.8 Å². The summed E-state index contributed by atoms with van der Waals surface area (Å²) in [4.78, 5) is 48.2. The number of nitrogen functional groups attached to an aromatic ring is 1. The molecule has 2 heterocycles. The molecule has 10 nitrogen and oxygen atoms in total. The zero-order chi connectivity index (χ0) is 24.1. The number of nitrogens with zero attached hydrogens (tertiary/aromatic N) is 3. The molecular formula is C20H24F2N6O4S. The topological polar surface area (TPSA) is 139 Å². The number of carbonyl (C=O) groups excluding carboxylic acids is 1. The molecule has 1 amide bonds. The number of hydrogen-bond acceptors (Lipinski definition) is 7. The fraction of sp³-hybridized carbons (Fsp3) is 0.400. The lowest BCUT2D eigenvalue weighted by Crippen LogP contribution is -2.43. The predicted octanol–water partition coefficient (Wildman–Crippen LogP) is 1.85. The number of hydrogen-bond donors (Lipinski definition) is 3. The van der Waals surface area contributed by atoms with E-state index in [2.05, 4.69) is 15.0 Å². The molecule has 33 heavy (non-hydrogen) atoms. The summed E-state index contributed by atoms with van der Waals surface area (Å²) < 4.78 is 33.1. The summed E-state index contributed by atoms with van der Waals surface area (Å²) in [6.07, 6.45) is 1.46. The van der Waals surface area contributed by atoms with Crippen molar-refractivity contribution in [1.29, 1.82) is 0 Å². The predicted molar refractivity (Wildman–Crippen MR) is 122 cm³/mol. The third-order valence-electron chi connectivity index (χ3n) is 4.87. The summed E-state index contributed by atoms with van der Waals surface area (Å²) in [6, 6.07) is 1.94. The number of fused-ring (bicyclic) bond motifs is 1. The highest BCUT2D eigenvalue weighted by Crippen LogP contribution is 2.24. The molecule has 0 saturated carbocycles. The Morgan fingerprint density at radius 1 is 1.27 bits per heavy atom. The first-order chi connectivity index (χ1) is 15.8. The normalized spacial score (nSPS) is 11.3. The minimum absolute atomic E-state index is 0.0196. The Balaban J connectivity index is 1.88. The van der Waals surface area contributed by atoms with E-state index in [1.165, 1.54) is 11.7 Å². The molecule has 0 bridgehead atoms. The first-order valence-corrected chi connectivity index (χ1v) is 11.1.